The number of carbonyl (C=O) groups excluding carboxylic acids is 1. The molecule has 1 aromatic carbocycles. The van der Waals surface area contributed by atoms with Gasteiger partial charge in [0.1, 0.15) is 10.8 Å². The standard InChI is InChI=1S/C12H9ClN2O4/c13-10-4-3-8(6-11(10)15(17)18)12(16)14-7-9-2-1-5-19-9/h1-6H,7H2,(H,14,16). The van der Waals surface area contributed by atoms with E-state index in [1.807, 2.05) is 0 Å². The maximum atomic E-state index is 11.8. The fraction of sp³-hybridized carbons (Fsp3) is 0.0833. The van der Waals surface area contributed by atoms with Crippen LogP contribution in [-0.4, -0.2) is 10.8 Å². The predicted molar refractivity (Wildman–Crippen MR) is 68.0 cm³/mol. The number of nitro groups is 1. The van der Waals surface area contributed by atoms with Crippen LogP contribution in [0.5, 0.6) is 0 Å². The van der Waals surface area contributed by atoms with Gasteiger partial charge < -0.3 is 9.73 Å². The van der Waals surface area contributed by atoms with E-state index < -0.39 is 10.8 Å². The summed E-state index contributed by atoms with van der Waals surface area (Å²) in [5.74, 6) is 0.160. The third-order valence-electron chi connectivity index (χ3n) is 2.41. The number of halogens is 1. The van der Waals surface area contributed by atoms with Gasteiger partial charge in [0.15, 0.2) is 0 Å². The monoisotopic (exact) mass is 280 g/mol. The van der Waals surface area contributed by atoms with E-state index in [0.29, 0.717) is 5.76 Å². The van der Waals surface area contributed by atoms with Crippen LogP contribution in [0.1, 0.15) is 16.1 Å². The number of carbonyl (C=O) groups is 1. The number of amides is 1. The van der Waals surface area contributed by atoms with Gasteiger partial charge in [-0.3, -0.25) is 14.9 Å². The van der Waals surface area contributed by atoms with Crippen molar-refractivity contribution in [2.45, 2.75) is 6.54 Å². The molecule has 98 valence electrons. The molecule has 1 aromatic heterocycles. The smallest absolute Gasteiger partial charge is 0.288 e. The lowest BCUT2D eigenvalue weighted by Gasteiger charge is -2.04. The average Bonchev–Trinajstić information content (AvgIpc) is 2.89. The molecule has 0 aliphatic rings. The van der Waals surface area contributed by atoms with Gasteiger partial charge in [-0.1, -0.05) is 11.6 Å². The summed E-state index contributed by atoms with van der Waals surface area (Å²) in [5, 5.41) is 13.3. The van der Waals surface area contributed by atoms with E-state index >= 15 is 0 Å². The largest absolute Gasteiger partial charge is 0.467 e. The highest BCUT2D eigenvalue weighted by Crippen LogP contribution is 2.24. The Balaban J connectivity index is 2.11. The van der Waals surface area contributed by atoms with Gasteiger partial charge in [0, 0.05) is 11.6 Å². The van der Waals surface area contributed by atoms with Crippen LogP contribution in [0.25, 0.3) is 0 Å². The molecular weight excluding hydrogens is 272 g/mol. The second-order valence-electron chi connectivity index (χ2n) is 3.69. The molecular formula is C12H9ClN2O4. The molecule has 1 heterocycles. The van der Waals surface area contributed by atoms with E-state index in [1.165, 1.54) is 18.4 Å². The molecule has 0 saturated heterocycles. The molecule has 1 amide bonds. The highest BCUT2D eigenvalue weighted by Gasteiger charge is 2.16. The molecule has 0 fully saturated rings. The molecule has 2 rings (SSSR count). The van der Waals surface area contributed by atoms with E-state index in [1.54, 1.807) is 12.1 Å². The molecule has 0 spiro atoms. The van der Waals surface area contributed by atoms with Gasteiger partial charge in [-0.2, -0.15) is 0 Å². The molecule has 0 atom stereocenters. The molecule has 0 radical (unpaired) electrons. The van der Waals surface area contributed by atoms with Gasteiger partial charge >= 0.3 is 0 Å². The van der Waals surface area contributed by atoms with Crippen molar-refractivity contribution in [3.8, 4) is 0 Å². The summed E-state index contributed by atoms with van der Waals surface area (Å²) >= 11 is 5.67. The Morgan fingerprint density at radius 1 is 1.42 bits per heavy atom. The van der Waals surface area contributed by atoms with Crippen molar-refractivity contribution < 1.29 is 14.1 Å². The topological polar surface area (TPSA) is 85.4 Å². The van der Waals surface area contributed by atoms with Crippen LogP contribution in [0, 0.1) is 10.1 Å². The number of furan rings is 1. The quantitative estimate of drug-likeness (QED) is 0.689. The summed E-state index contributed by atoms with van der Waals surface area (Å²) in [6.07, 6.45) is 1.49. The van der Waals surface area contributed by atoms with Gasteiger partial charge in [0.25, 0.3) is 11.6 Å². The molecule has 0 aliphatic carbocycles. The van der Waals surface area contributed by atoms with Crippen LogP contribution in [0.15, 0.2) is 41.0 Å². The lowest BCUT2D eigenvalue weighted by atomic mass is 10.2. The van der Waals surface area contributed by atoms with Gasteiger partial charge in [-0.25, -0.2) is 0 Å². The minimum absolute atomic E-state index is 0.00687. The fourth-order valence-electron chi connectivity index (χ4n) is 1.48. The fourth-order valence-corrected chi connectivity index (χ4v) is 1.66. The summed E-state index contributed by atoms with van der Waals surface area (Å²) < 4.78 is 5.06. The van der Waals surface area contributed by atoms with Crippen molar-refractivity contribution in [1.82, 2.24) is 5.32 Å². The third-order valence-corrected chi connectivity index (χ3v) is 2.73. The minimum Gasteiger partial charge on any atom is -0.467 e. The molecule has 0 bridgehead atoms. The van der Waals surface area contributed by atoms with Gasteiger partial charge in [-0.15, -0.1) is 0 Å². The zero-order valence-corrected chi connectivity index (χ0v) is 10.4. The Kier molecular flexibility index (Phi) is 3.82. The normalized spacial score (nSPS) is 10.2. The first-order valence-electron chi connectivity index (χ1n) is 5.32. The van der Waals surface area contributed by atoms with E-state index in [0.717, 1.165) is 6.07 Å². The highest BCUT2D eigenvalue weighted by molar-refractivity contribution is 6.32. The number of nitrogens with one attached hydrogen (secondary N) is 1. The Morgan fingerprint density at radius 2 is 2.21 bits per heavy atom. The molecule has 0 saturated carbocycles. The van der Waals surface area contributed by atoms with Crippen molar-refractivity contribution in [2.75, 3.05) is 0 Å². The van der Waals surface area contributed by atoms with Crippen LogP contribution < -0.4 is 5.32 Å². The molecule has 19 heavy (non-hydrogen) atoms. The van der Waals surface area contributed by atoms with Crippen molar-refractivity contribution >= 4 is 23.2 Å². The molecule has 7 heteroatoms. The second kappa shape index (κ2) is 5.53. The zero-order chi connectivity index (χ0) is 13.8. The summed E-state index contributed by atoms with van der Waals surface area (Å²) in [5.41, 5.74) is -0.130. The maximum Gasteiger partial charge on any atom is 0.288 e. The average molecular weight is 281 g/mol. The lowest BCUT2D eigenvalue weighted by Crippen LogP contribution is -2.22. The molecule has 0 unspecified atom stereocenters. The number of nitro benzene ring substituents is 1. The number of benzene rings is 1. The number of hydrogen-bond donors (Lipinski definition) is 1. The van der Waals surface area contributed by atoms with Crippen LogP contribution in [-0.2, 0) is 6.54 Å². The summed E-state index contributed by atoms with van der Waals surface area (Å²) in [7, 11) is 0. The zero-order valence-electron chi connectivity index (χ0n) is 9.63. The van der Waals surface area contributed by atoms with Crippen LogP contribution in [0.3, 0.4) is 0 Å². The summed E-state index contributed by atoms with van der Waals surface area (Å²) in [4.78, 5) is 21.9. The number of hydrogen-bond acceptors (Lipinski definition) is 4. The van der Waals surface area contributed by atoms with E-state index in [-0.39, 0.29) is 22.8 Å². The van der Waals surface area contributed by atoms with E-state index in [2.05, 4.69) is 5.32 Å². The minimum atomic E-state index is -0.633. The third kappa shape index (κ3) is 3.11. The SMILES string of the molecule is O=C(NCc1ccco1)c1ccc(Cl)c([N+](=O)[O-])c1. The van der Waals surface area contributed by atoms with Crippen molar-refractivity contribution in [3.05, 3.63) is 63.1 Å². The van der Waals surface area contributed by atoms with Crippen molar-refractivity contribution in [1.29, 1.82) is 0 Å². The maximum absolute atomic E-state index is 11.8. The molecule has 2 aromatic rings. The highest BCUT2D eigenvalue weighted by atomic mass is 35.5. The van der Waals surface area contributed by atoms with E-state index in [9.17, 15) is 14.9 Å². The Hall–Kier alpha value is -2.34. The van der Waals surface area contributed by atoms with Crippen LogP contribution >= 0.6 is 11.6 Å². The second-order valence-corrected chi connectivity index (χ2v) is 4.09. The van der Waals surface area contributed by atoms with Gasteiger partial charge in [-0.05, 0) is 24.3 Å². The van der Waals surface area contributed by atoms with Crippen molar-refractivity contribution in [2.24, 2.45) is 0 Å². The van der Waals surface area contributed by atoms with Crippen LogP contribution in [0.4, 0.5) is 5.69 Å². The van der Waals surface area contributed by atoms with Gasteiger partial charge in [0.2, 0.25) is 0 Å². The first-order chi connectivity index (χ1) is 9.08. The number of rotatable bonds is 4. The molecule has 1 N–H and O–H groups in total. The van der Waals surface area contributed by atoms with E-state index in [4.69, 9.17) is 16.0 Å². The van der Waals surface area contributed by atoms with Crippen LogP contribution in [0.2, 0.25) is 5.02 Å². The summed E-state index contributed by atoms with van der Waals surface area (Å²) in [6, 6.07) is 7.30. The molecule has 6 nitrogen and oxygen atoms in total. The first kappa shape index (κ1) is 13.1. The number of nitrogens with zero attached hydrogens (tertiary/aromatic N) is 1. The first-order valence-corrected chi connectivity index (χ1v) is 5.70. The van der Waals surface area contributed by atoms with Gasteiger partial charge in [0.05, 0.1) is 17.7 Å². The Morgan fingerprint density at radius 3 is 2.84 bits per heavy atom. The lowest BCUT2D eigenvalue weighted by molar-refractivity contribution is -0.384. The Bertz CT molecular complexity index is 610. The summed E-state index contributed by atoms with van der Waals surface area (Å²) in [6.45, 7) is 0.211. The Labute approximate surface area is 113 Å². The van der Waals surface area contributed by atoms with Crippen molar-refractivity contribution in [3.63, 3.8) is 0 Å². The predicted octanol–water partition coefficient (Wildman–Crippen LogP) is 2.77. The molecule has 0 aliphatic heterocycles.